The highest BCUT2D eigenvalue weighted by molar-refractivity contribution is 5.96. The highest BCUT2D eigenvalue weighted by atomic mass is 16.5. The molecule has 2 heterocycles. The van der Waals surface area contributed by atoms with Crippen LogP contribution in [-0.2, 0) is 6.54 Å². The Balaban J connectivity index is 1.81. The molecule has 0 radical (unpaired) electrons. The standard InChI is InChI=1S/C18H24N6O3/c1-11-22-12(2)24(23-11)8-6-7-19-18-13-9-14(25-3)16(26-4)17(27-5)15(13)20-10-21-18/h9-10H,6-8H2,1-5H3,(H,19,20,21). The summed E-state index contributed by atoms with van der Waals surface area (Å²) in [6.07, 6.45) is 2.38. The van der Waals surface area contributed by atoms with Gasteiger partial charge in [0.15, 0.2) is 11.5 Å². The van der Waals surface area contributed by atoms with E-state index in [0.29, 0.717) is 28.6 Å². The molecule has 9 heteroatoms. The molecule has 3 rings (SSSR count). The van der Waals surface area contributed by atoms with Gasteiger partial charge >= 0.3 is 0 Å². The fourth-order valence-corrected chi connectivity index (χ4v) is 3.01. The summed E-state index contributed by atoms with van der Waals surface area (Å²) in [7, 11) is 4.73. The molecule has 0 saturated carbocycles. The molecule has 0 aliphatic carbocycles. The molecule has 0 aliphatic rings. The second kappa shape index (κ2) is 8.07. The van der Waals surface area contributed by atoms with Crippen LogP contribution < -0.4 is 19.5 Å². The van der Waals surface area contributed by atoms with Crippen molar-refractivity contribution in [1.82, 2.24) is 24.7 Å². The van der Waals surface area contributed by atoms with Crippen molar-refractivity contribution >= 4 is 16.7 Å². The Morgan fingerprint density at radius 3 is 2.44 bits per heavy atom. The van der Waals surface area contributed by atoms with Gasteiger partial charge in [0.2, 0.25) is 5.75 Å². The number of benzene rings is 1. The van der Waals surface area contributed by atoms with Gasteiger partial charge in [-0.05, 0) is 26.3 Å². The lowest BCUT2D eigenvalue weighted by Gasteiger charge is -2.16. The molecule has 0 spiro atoms. The number of nitrogens with one attached hydrogen (secondary N) is 1. The van der Waals surface area contributed by atoms with Crippen molar-refractivity contribution in [2.75, 3.05) is 33.2 Å². The fraction of sp³-hybridized carbons (Fsp3) is 0.444. The van der Waals surface area contributed by atoms with Crippen molar-refractivity contribution in [2.24, 2.45) is 0 Å². The van der Waals surface area contributed by atoms with E-state index >= 15 is 0 Å². The van der Waals surface area contributed by atoms with E-state index in [9.17, 15) is 0 Å². The first-order valence-corrected chi connectivity index (χ1v) is 8.64. The number of rotatable bonds is 8. The second-order valence-corrected chi connectivity index (χ2v) is 5.97. The lowest BCUT2D eigenvalue weighted by molar-refractivity contribution is 0.327. The molecule has 2 aromatic heterocycles. The van der Waals surface area contributed by atoms with Crippen molar-refractivity contribution < 1.29 is 14.2 Å². The van der Waals surface area contributed by atoms with Gasteiger partial charge in [-0.2, -0.15) is 5.10 Å². The van der Waals surface area contributed by atoms with Crippen molar-refractivity contribution in [2.45, 2.75) is 26.8 Å². The zero-order valence-corrected chi connectivity index (χ0v) is 16.2. The third-order valence-corrected chi connectivity index (χ3v) is 4.23. The molecule has 0 aliphatic heterocycles. The van der Waals surface area contributed by atoms with E-state index in [1.807, 2.05) is 24.6 Å². The summed E-state index contributed by atoms with van der Waals surface area (Å²) < 4.78 is 18.3. The Morgan fingerprint density at radius 2 is 1.81 bits per heavy atom. The maximum atomic E-state index is 5.50. The Morgan fingerprint density at radius 1 is 1.04 bits per heavy atom. The number of methoxy groups -OCH3 is 3. The molecule has 0 fully saturated rings. The zero-order chi connectivity index (χ0) is 19.4. The quantitative estimate of drug-likeness (QED) is 0.602. The number of fused-ring (bicyclic) bond motifs is 1. The van der Waals surface area contributed by atoms with Gasteiger partial charge in [0, 0.05) is 13.1 Å². The summed E-state index contributed by atoms with van der Waals surface area (Å²) in [6.45, 7) is 5.35. The van der Waals surface area contributed by atoms with Crippen molar-refractivity contribution in [3.8, 4) is 17.2 Å². The molecule has 9 nitrogen and oxygen atoms in total. The average molecular weight is 372 g/mol. The molecule has 0 unspecified atom stereocenters. The Bertz CT molecular complexity index is 940. The molecule has 1 N–H and O–H groups in total. The smallest absolute Gasteiger partial charge is 0.205 e. The molecule has 0 bridgehead atoms. The van der Waals surface area contributed by atoms with Crippen LogP contribution in [0.5, 0.6) is 17.2 Å². The first-order chi connectivity index (χ1) is 13.1. The Kier molecular flexibility index (Phi) is 5.58. The van der Waals surface area contributed by atoms with Crippen molar-refractivity contribution in [1.29, 1.82) is 0 Å². The van der Waals surface area contributed by atoms with E-state index in [-0.39, 0.29) is 0 Å². The number of anilines is 1. The van der Waals surface area contributed by atoms with E-state index < -0.39 is 0 Å². The Hall–Kier alpha value is -3.10. The molecular formula is C18H24N6O3. The highest BCUT2D eigenvalue weighted by Gasteiger charge is 2.19. The minimum atomic E-state index is 0.508. The lowest BCUT2D eigenvalue weighted by Crippen LogP contribution is -2.10. The normalized spacial score (nSPS) is 10.9. The topological polar surface area (TPSA) is 96.2 Å². The van der Waals surface area contributed by atoms with Gasteiger partial charge in [-0.25, -0.2) is 15.0 Å². The third kappa shape index (κ3) is 3.71. The number of hydrogen-bond donors (Lipinski definition) is 1. The van der Waals surface area contributed by atoms with E-state index in [4.69, 9.17) is 14.2 Å². The minimum Gasteiger partial charge on any atom is -0.493 e. The van der Waals surface area contributed by atoms with E-state index in [0.717, 1.165) is 36.5 Å². The van der Waals surface area contributed by atoms with Crippen LogP contribution in [0.15, 0.2) is 12.4 Å². The first-order valence-electron chi connectivity index (χ1n) is 8.64. The largest absolute Gasteiger partial charge is 0.493 e. The van der Waals surface area contributed by atoms with Gasteiger partial charge in [-0.15, -0.1) is 0 Å². The minimum absolute atomic E-state index is 0.508. The van der Waals surface area contributed by atoms with Crippen LogP contribution in [0.3, 0.4) is 0 Å². The van der Waals surface area contributed by atoms with Crippen LogP contribution in [0.1, 0.15) is 18.1 Å². The van der Waals surface area contributed by atoms with Gasteiger partial charge in [0.25, 0.3) is 0 Å². The van der Waals surface area contributed by atoms with Crippen molar-refractivity contribution in [3.05, 3.63) is 24.0 Å². The van der Waals surface area contributed by atoms with Gasteiger partial charge in [0.05, 0.1) is 26.7 Å². The maximum Gasteiger partial charge on any atom is 0.205 e. The maximum absolute atomic E-state index is 5.50. The predicted octanol–water partition coefficient (Wildman–Crippen LogP) is 2.37. The molecule has 144 valence electrons. The molecule has 27 heavy (non-hydrogen) atoms. The number of nitrogens with zero attached hydrogens (tertiary/aromatic N) is 5. The molecule has 1 aromatic carbocycles. The van der Waals surface area contributed by atoms with Crippen molar-refractivity contribution in [3.63, 3.8) is 0 Å². The molecule has 0 amide bonds. The van der Waals surface area contributed by atoms with Gasteiger partial charge in [0.1, 0.15) is 29.3 Å². The van der Waals surface area contributed by atoms with Gasteiger partial charge in [-0.1, -0.05) is 0 Å². The summed E-state index contributed by atoms with van der Waals surface area (Å²) in [5.41, 5.74) is 0.662. The number of aryl methyl sites for hydroxylation is 3. The van der Waals surface area contributed by atoms with E-state index in [2.05, 4.69) is 25.4 Å². The van der Waals surface area contributed by atoms with Crippen LogP contribution in [-0.4, -0.2) is 52.6 Å². The van der Waals surface area contributed by atoms with Crippen LogP contribution >= 0.6 is 0 Å². The lowest BCUT2D eigenvalue weighted by atomic mass is 10.2. The SMILES string of the molecule is COc1cc2c(NCCCn3nc(C)nc3C)ncnc2c(OC)c1OC. The summed E-state index contributed by atoms with van der Waals surface area (Å²) in [5, 5.41) is 8.54. The first kappa shape index (κ1) is 18.7. The van der Waals surface area contributed by atoms with Crippen LogP contribution in [0.4, 0.5) is 5.82 Å². The summed E-state index contributed by atoms with van der Waals surface area (Å²) >= 11 is 0. The molecular weight excluding hydrogens is 348 g/mol. The number of hydrogen-bond acceptors (Lipinski definition) is 8. The highest BCUT2D eigenvalue weighted by Crippen LogP contribution is 2.43. The second-order valence-electron chi connectivity index (χ2n) is 5.97. The molecule has 0 atom stereocenters. The van der Waals surface area contributed by atoms with E-state index in [1.165, 1.54) is 6.33 Å². The predicted molar refractivity (Wildman–Crippen MR) is 102 cm³/mol. The Labute approximate surface area is 157 Å². The summed E-state index contributed by atoms with van der Waals surface area (Å²) in [5.74, 6) is 4.01. The number of ether oxygens (including phenoxy) is 3. The monoisotopic (exact) mass is 372 g/mol. The summed E-state index contributed by atoms with van der Waals surface area (Å²) in [6, 6.07) is 1.85. The third-order valence-electron chi connectivity index (χ3n) is 4.23. The van der Waals surface area contributed by atoms with Gasteiger partial charge < -0.3 is 19.5 Å². The fourth-order valence-electron chi connectivity index (χ4n) is 3.01. The van der Waals surface area contributed by atoms with Crippen LogP contribution in [0.2, 0.25) is 0 Å². The number of aromatic nitrogens is 5. The van der Waals surface area contributed by atoms with Crippen LogP contribution in [0.25, 0.3) is 10.9 Å². The van der Waals surface area contributed by atoms with E-state index in [1.54, 1.807) is 21.3 Å². The summed E-state index contributed by atoms with van der Waals surface area (Å²) in [4.78, 5) is 13.0. The van der Waals surface area contributed by atoms with Gasteiger partial charge in [-0.3, -0.25) is 4.68 Å². The molecule has 3 aromatic rings. The average Bonchev–Trinajstić information content (AvgIpc) is 3.00. The zero-order valence-electron chi connectivity index (χ0n) is 16.2. The molecule has 0 saturated heterocycles. The van der Waals surface area contributed by atoms with Crippen LogP contribution in [0, 0.1) is 13.8 Å².